The van der Waals surface area contributed by atoms with Crippen molar-refractivity contribution in [1.82, 2.24) is 10.2 Å². The number of hydrogen-bond donors (Lipinski definition) is 1. The first-order valence-electron chi connectivity index (χ1n) is 9.91. The summed E-state index contributed by atoms with van der Waals surface area (Å²) in [5.41, 5.74) is 1.81. The molecule has 1 heterocycles. The van der Waals surface area contributed by atoms with Crippen molar-refractivity contribution in [1.29, 1.82) is 5.26 Å². The van der Waals surface area contributed by atoms with Crippen molar-refractivity contribution in [2.75, 3.05) is 6.54 Å². The summed E-state index contributed by atoms with van der Waals surface area (Å²) in [6.07, 6.45) is 3.12. The van der Waals surface area contributed by atoms with Gasteiger partial charge in [0.05, 0.1) is 11.6 Å². The van der Waals surface area contributed by atoms with Crippen LogP contribution in [0.25, 0.3) is 0 Å². The molecule has 1 saturated heterocycles. The van der Waals surface area contributed by atoms with Crippen LogP contribution in [-0.2, 0) is 22.4 Å². The number of allylic oxidation sites excluding steroid dienone is 1. The molecule has 2 aromatic carbocycles. The molecule has 5 nitrogen and oxygen atoms in total. The molecule has 0 aliphatic carbocycles. The first-order chi connectivity index (χ1) is 14.0. The number of carbonyl (C=O) groups is 2. The topological polar surface area (TPSA) is 73.2 Å². The molecule has 148 valence electrons. The SMILES string of the molecule is CCN1C(=O)C(CC)(Cc2ccccc2)NC(=O)C1=CCc1ccccc1C#N. The van der Waals surface area contributed by atoms with Crippen molar-refractivity contribution >= 4 is 11.8 Å². The molecule has 0 bridgehead atoms. The van der Waals surface area contributed by atoms with Gasteiger partial charge in [-0.15, -0.1) is 0 Å². The van der Waals surface area contributed by atoms with Gasteiger partial charge < -0.3 is 10.2 Å². The first kappa shape index (κ1) is 20.3. The minimum absolute atomic E-state index is 0.0919. The second-order valence-electron chi connectivity index (χ2n) is 7.16. The average Bonchev–Trinajstić information content (AvgIpc) is 2.75. The Bertz CT molecular complexity index is 975. The summed E-state index contributed by atoms with van der Waals surface area (Å²) in [6.45, 7) is 4.21. The number of likely N-dealkylation sites (N-methyl/N-ethyl adjacent to an activating group) is 1. The third-order valence-electron chi connectivity index (χ3n) is 5.45. The molecule has 0 radical (unpaired) electrons. The smallest absolute Gasteiger partial charge is 0.268 e. The summed E-state index contributed by atoms with van der Waals surface area (Å²) in [6, 6.07) is 19.2. The van der Waals surface area contributed by atoms with Crippen molar-refractivity contribution in [2.45, 2.75) is 38.6 Å². The highest BCUT2D eigenvalue weighted by Crippen LogP contribution is 2.28. The van der Waals surface area contributed by atoms with Crippen molar-refractivity contribution in [3.8, 4) is 6.07 Å². The van der Waals surface area contributed by atoms with Gasteiger partial charge in [0.2, 0.25) is 0 Å². The normalized spacial score (nSPS) is 20.4. The van der Waals surface area contributed by atoms with Crippen molar-refractivity contribution in [2.24, 2.45) is 0 Å². The molecule has 1 aliphatic heterocycles. The lowest BCUT2D eigenvalue weighted by molar-refractivity contribution is -0.145. The van der Waals surface area contributed by atoms with Gasteiger partial charge in [-0.05, 0) is 37.0 Å². The lowest BCUT2D eigenvalue weighted by Crippen LogP contribution is -2.66. The van der Waals surface area contributed by atoms with Crippen LogP contribution in [0.2, 0.25) is 0 Å². The van der Waals surface area contributed by atoms with E-state index in [1.54, 1.807) is 17.0 Å². The Labute approximate surface area is 171 Å². The van der Waals surface area contributed by atoms with Crippen LogP contribution in [0.3, 0.4) is 0 Å². The number of nitrogens with zero attached hydrogens (tertiary/aromatic N) is 2. The molecule has 0 spiro atoms. The number of amides is 2. The maximum absolute atomic E-state index is 13.4. The summed E-state index contributed by atoms with van der Waals surface area (Å²) in [5, 5.41) is 12.3. The molecule has 1 N–H and O–H groups in total. The van der Waals surface area contributed by atoms with E-state index in [-0.39, 0.29) is 11.8 Å². The number of benzene rings is 2. The van der Waals surface area contributed by atoms with Gasteiger partial charge in [-0.2, -0.15) is 5.26 Å². The van der Waals surface area contributed by atoms with E-state index in [1.807, 2.05) is 62.4 Å². The Morgan fingerprint density at radius 2 is 1.76 bits per heavy atom. The molecule has 0 aromatic heterocycles. The fraction of sp³-hybridized carbons (Fsp3) is 0.292. The van der Waals surface area contributed by atoms with Crippen LogP contribution in [0, 0.1) is 11.3 Å². The highest BCUT2D eigenvalue weighted by Gasteiger charge is 2.47. The molecule has 2 aromatic rings. The van der Waals surface area contributed by atoms with Crippen molar-refractivity contribution < 1.29 is 9.59 Å². The lowest BCUT2D eigenvalue weighted by atomic mass is 9.84. The molecule has 29 heavy (non-hydrogen) atoms. The molecular formula is C24H25N3O2. The Morgan fingerprint density at radius 1 is 1.07 bits per heavy atom. The van der Waals surface area contributed by atoms with Gasteiger partial charge in [0.25, 0.3) is 11.8 Å². The van der Waals surface area contributed by atoms with E-state index in [0.717, 1.165) is 11.1 Å². The van der Waals surface area contributed by atoms with Crippen LogP contribution in [0.1, 0.15) is 37.0 Å². The number of piperazine rings is 1. The summed E-state index contributed by atoms with van der Waals surface area (Å²) in [5.74, 6) is -0.343. The van der Waals surface area contributed by atoms with E-state index >= 15 is 0 Å². The number of rotatable bonds is 6. The second kappa shape index (κ2) is 8.74. The number of carbonyl (C=O) groups excluding carboxylic acids is 2. The maximum Gasteiger partial charge on any atom is 0.268 e. The Hall–Kier alpha value is -3.39. The third-order valence-corrected chi connectivity index (χ3v) is 5.45. The minimum atomic E-state index is -0.948. The van der Waals surface area contributed by atoms with Crippen LogP contribution in [0.15, 0.2) is 66.4 Å². The largest absolute Gasteiger partial charge is 0.336 e. The summed E-state index contributed by atoms with van der Waals surface area (Å²) in [4.78, 5) is 28.0. The number of nitrogens with one attached hydrogen (secondary N) is 1. The molecule has 1 fully saturated rings. The quantitative estimate of drug-likeness (QED) is 0.773. The van der Waals surface area contributed by atoms with Gasteiger partial charge in [-0.3, -0.25) is 9.59 Å². The fourth-order valence-corrected chi connectivity index (χ4v) is 3.78. The fourth-order valence-electron chi connectivity index (χ4n) is 3.78. The van der Waals surface area contributed by atoms with E-state index < -0.39 is 5.54 Å². The monoisotopic (exact) mass is 387 g/mol. The van der Waals surface area contributed by atoms with Crippen LogP contribution in [0.5, 0.6) is 0 Å². The van der Waals surface area contributed by atoms with Gasteiger partial charge in [0.1, 0.15) is 11.2 Å². The van der Waals surface area contributed by atoms with Gasteiger partial charge in [-0.25, -0.2) is 0 Å². The van der Waals surface area contributed by atoms with Crippen molar-refractivity contribution in [3.05, 3.63) is 83.1 Å². The molecule has 1 aliphatic rings. The van der Waals surface area contributed by atoms with Crippen molar-refractivity contribution in [3.63, 3.8) is 0 Å². The van der Waals surface area contributed by atoms with E-state index in [0.29, 0.717) is 37.1 Å². The predicted molar refractivity (Wildman–Crippen MR) is 112 cm³/mol. The lowest BCUT2D eigenvalue weighted by Gasteiger charge is -2.42. The highest BCUT2D eigenvalue weighted by molar-refractivity contribution is 6.06. The summed E-state index contributed by atoms with van der Waals surface area (Å²) >= 11 is 0. The van der Waals surface area contributed by atoms with Gasteiger partial charge in [-0.1, -0.05) is 61.5 Å². The highest BCUT2D eigenvalue weighted by atomic mass is 16.2. The summed E-state index contributed by atoms with van der Waals surface area (Å²) < 4.78 is 0. The molecule has 1 unspecified atom stereocenters. The Balaban J connectivity index is 1.90. The number of hydrogen-bond acceptors (Lipinski definition) is 3. The standard InChI is InChI=1S/C24H25N3O2/c1-3-24(16-18-10-6-5-7-11-18)23(29)27(4-2)21(22(28)26-24)15-14-19-12-8-9-13-20(19)17-25/h5-13,15H,3-4,14,16H2,1-2H3,(H,26,28). The van der Waals surface area contributed by atoms with Gasteiger partial charge in [0.15, 0.2) is 0 Å². The van der Waals surface area contributed by atoms with Crippen LogP contribution in [0.4, 0.5) is 0 Å². The van der Waals surface area contributed by atoms with E-state index in [4.69, 9.17) is 0 Å². The van der Waals surface area contributed by atoms with Gasteiger partial charge >= 0.3 is 0 Å². The van der Waals surface area contributed by atoms with E-state index in [2.05, 4.69) is 11.4 Å². The molecular weight excluding hydrogens is 362 g/mol. The minimum Gasteiger partial charge on any atom is -0.336 e. The zero-order valence-electron chi connectivity index (χ0n) is 16.8. The van der Waals surface area contributed by atoms with Crippen LogP contribution >= 0.6 is 0 Å². The molecule has 2 amide bonds. The third kappa shape index (κ3) is 4.07. The predicted octanol–water partition coefficient (Wildman–Crippen LogP) is 3.35. The van der Waals surface area contributed by atoms with Crippen LogP contribution < -0.4 is 5.32 Å². The van der Waals surface area contributed by atoms with E-state index in [1.165, 1.54) is 0 Å². The second-order valence-corrected chi connectivity index (χ2v) is 7.16. The first-order valence-corrected chi connectivity index (χ1v) is 9.91. The zero-order chi connectivity index (χ0) is 20.9. The Morgan fingerprint density at radius 3 is 2.41 bits per heavy atom. The van der Waals surface area contributed by atoms with Crippen LogP contribution in [-0.4, -0.2) is 28.8 Å². The molecule has 5 heteroatoms. The molecule has 1 atom stereocenters. The zero-order valence-corrected chi connectivity index (χ0v) is 16.8. The van der Waals surface area contributed by atoms with Gasteiger partial charge in [0, 0.05) is 13.0 Å². The maximum atomic E-state index is 13.4. The van der Waals surface area contributed by atoms with E-state index in [9.17, 15) is 14.9 Å². The average molecular weight is 387 g/mol. The molecule has 3 rings (SSSR count). The number of nitriles is 1. The Kier molecular flexibility index (Phi) is 6.13. The summed E-state index contributed by atoms with van der Waals surface area (Å²) in [7, 11) is 0. The molecule has 0 saturated carbocycles.